The lowest BCUT2D eigenvalue weighted by atomic mass is 10.1. The SMILES string of the molecule is CC(=NC(C)C)/C(C)=C(/C)N(C)C(C)C. The monoisotopic (exact) mass is 210 g/mol. The van der Waals surface area contributed by atoms with E-state index >= 15 is 0 Å². The van der Waals surface area contributed by atoms with E-state index in [2.05, 4.69) is 65.4 Å². The first-order chi connectivity index (χ1) is 6.77. The van der Waals surface area contributed by atoms with Gasteiger partial charge in [-0.1, -0.05) is 0 Å². The van der Waals surface area contributed by atoms with Gasteiger partial charge in [-0.3, -0.25) is 4.99 Å². The van der Waals surface area contributed by atoms with Crippen molar-refractivity contribution in [3.63, 3.8) is 0 Å². The molecule has 2 nitrogen and oxygen atoms in total. The van der Waals surface area contributed by atoms with Crippen LogP contribution in [0.3, 0.4) is 0 Å². The lowest BCUT2D eigenvalue weighted by Gasteiger charge is -2.26. The summed E-state index contributed by atoms with van der Waals surface area (Å²) in [6.07, 6.45) is 0. The normalized spacial score (nSPS) is 14.7. The van der Waals surface area contributed by atoms with Crippen molar-refractivity contribution in [3.8, 4) is 0 Å². The van der Waals surface area contributed by atoms with Crippen molar-refractivity contribution in [1.29, 1.82) is 0 Å². The molecule has 0 saturated carbocycles. The van der Waals surface area contributed by atoms with Gasteiger partial charge < -0.3 is 4.90 Å². The van der Waals surface area contributed by atoms with Gasteiger partial charge in [-0.25, -0.2) is 0 Å². The van der Waals surface area contributed by atoms with E-state index in [1.807, 2.05) is 0 Å². The Morgan fingerprint density at radius 2 is 1.47 bits per heavy atom. The smallest absolute Gasteiger partial charge is 0.0446 e. The summed E-state index contributed by atoms with van der Waals surface area (Å²) >= 11 is 0. The van der Waals surface area contributed by atoms with E-state index < -0.39 is 0 Å². The summed E-state index contributed by atoms with van der Waals surface area (Å²) < 4.78 is 0. The zero-order valence-corrected chi connectivity index (χ0v) is 11.5. The fourth-order valence-electron chi connectivity index (χ4n) is 1.40. The van der Waals surface area contributed by atoms with Gasteiger partial charge in [0.25, 0.3) is 0 Å². The minimum atomic E-state index is 0.372. The summed E-state index contributed by atoms with van der Waals surface area (Å²) in [6.45, 7) is 15.0. The minimum absolute atomic E-state index is 0.372. The standard InChI is InChI=1S/C13H26N2/c1-9(2)14-12(6)11(5)13(7)15(8)10(3)4/h9-10H,1-8H3/b13-11-,14-12?. The molecule has 0 bridgehead atoms. The van der Waals surface area contributed by atoms with Crippen molar-refractivity contribution >= 4 is 5.71 Å². The summed E-state index contributed by atoms with van der Waals surface area (Å²) in [6, 6.07) is 0.906. The number of rotatable bonds is 4. The molecule has 0 aromatic carbocycles. The quantitative estimate of drug-likeness (QED) is 0.649. The molecule has 0 aromatic rings. The molecule has 0 spiro atoms. The van der Waals surface area contributed by atoms with Gasteiger partial charge >= 0.3 is 0 Å². The third-order valence-corrected chi connectivity index (χ3v) is 2.84. The third-order valence-electron chi connectivity index (χ3n) is 2.84. The van der Waals surface area contributed by atoms with Gasteiger partial charge in [0.1, 0.15) is 0 Å². The summed E-state index contributed by atoms with van der Waals surface area (Å²) in [4.78, 5) is 6.86. The van der Waals surface area contributed by atoms with Gasteiger partial charge in [0.15, 0.2) is 0 Å². The van der Waals surface area contributed by atoms with E-state index in [9.17, 15) is 0 Å². The van der Waals surface area contributed by atoms with Gasteiger partial charge in [0, 0.05) is 30.5 Å². The lowest BCUT2D eigenvalue weighted by Crippen LogP contribution is -2.26. The van der Waals surface area contributed by atoms with Gasteiger partial charge in [0.05, 0.1) is 0 Å². The van der Waals surface area contributed by atoms with E-state index in [0.29, 0.717) is 12.1 Å². The Labute approximate surface area is 95.1 Å². The van der Waals surface area contributed by atoms with Crippen molar-refractivity contribution in [2.24, 2.45) is 4.99 Å². The lowest BCUT2D eigenvalue weighted by molar-refractivity contribution is 0.343. The average molecular weight is 210 g/mol. The van der Waals surface area contributed by atoms with Crippen LogP contribution in [0.5, 0.6) is 0 Å². The first-order valence-electron chi connectivity index (χ1n) is 5.72. The van der Waals surface area contributed by atoms with Crippen LogP contribution >= 0.6 is 0 Å². The van der Waals surface area contributed by atoms with Crippen molar-refractivity contribution in [3.05, 3.63) is 11.3 Å². The fraction of sp³-hybridized carbons (Fsp3) is 0.769. The third kappa shape index (κ3) is 4.50. The number of hydrogen-bond acceptors (Lipinski definition) is 2. The summed E-state index contributed by atoms with van der Waals surface area (Å²) in [5.74, 6) is 0. The first-order valence-corrected chi connectivity index (χ1v) is 5.72. The number of nitrogens with zero attached hydrogens (tertiary/aromatic N) is 2. The molecular formula is C13H26N2. The predicted octanol–water partition coefficient (Wildman–Crippen LogP) is 3.49. The molecule has 0 amide bonds. The highest BCUT2D eigenvalue weighted by atomic mass is 15.1. The maximum atomic E-state index is 4.57. The minimum Gasteiger partial charge on any atom is -0.375 e. The Bertz CT molecular complexity index is 260. The van der Waals surface area contributed by atoms with Crippen LogP contribution < -0.4 is 0 Å². The number of hydrogen-bond donors (Lipinski definition) is 0. The average Bonchev–Trinajstić information content (AvgIpc) is 2.13. The molecule has 0 heterocycles. The van der Waals surface area contributed by atoms with E-state index in [1.54, 1.807) is 0 Å². The molecule has 2 heteroatoms. The van der Waals surface area contributed by atoms with Crippen molar-refractivity contribution in [2.75, 3.05) is 7.05 Å². The summed E-state index contributed by atoms with van der Waals surface area (Å²) in [5, 5.41) is 0. The molecule has 0 N–H and O–H groups in total. The van der Waals surface area contributed by atoms with Crippen LogP contribution in [0.1, 0.15) is 48.5 Å². The maximum Gasteiger partial charge on any atom is 0.0446 e. The molecule has 0 radical (unpaired) electrons. The topological polar surface area (TPSA) is 15.6 Å². The van der Waals surface area contributed by atoms with Crippen molar-refractivity contribution < 1.29 is 0 Å². The van der Waals surface area contributed by atoms with E-state index in [0.717, 1.165) is 5.71 Å². The summed E-state index contributed by atoms with van der Waals surface area (Å²) in [5.41, 5.74) is 3.75. The zero-order chi connectivity index (χ0) is 12.2. The molecule has 0 fully saturated rings. The van der Waals surface area contributed by atoms with Crippen LogP contribution in [-0.2, 0) is 0 Å². The van der Waals surface area contributed by atoms with Crippen LogP contribution in [0, 0.1) is 0 Å². The van der Waals surface area contributed by atoms with Gasteiger partial charge in [0.2, 0.25) is 0 Å². The molecule has 88 valence electrons. The van der Waals surface area contributed by atoms with Gasteiger partial charge in [-0.2, -0.15) is 0 Å². The highest BCUT2D eigenvalue weighted by molar-refractivity contribution is 5.98. The van der Waals surface area contributed by atoms with E-state index in [1.165, 1.54) is 11.3 Å². The van der Waals surface area contributed by atoms with Crippen molar-refractivity contribution in [2.45, 2.75) is 60.5 Å². The largest absolute Gasteiger partial charge is 0.375 e. The Balaban J connectivity index is 4.93. The zero-order valence-electron chi connectivity index (χ0n) is 11.5. The molecule has 0 atom stereocenters. The van der Waals surface area contributed by atoms with Crippen LogP contribution in [0.25, 0.3) is 0 Å². The Morgan fingerprint density at radius 1 is 1.00 bits per heavy atom. The summed E-state index contributed by atoms with van der Waals surface area (Å²) in [7, 11) is 2.13. The molecule has 0 unspecified atom stereocenters. The maximum absolute atomic E-state index is 4.57. The number of allylic oxidation sites excluding steroid dienone is 2. The second-order valence-corrected chi connectivity index (χ2v) is 4.72. The molecule has 0 aliphatic carbocycles. The number of aliphatic imine (C=N–C) groups is 1. The molecule has 15 heavy (non-hydrogen) atoms. The highest BCUT2D eigenvalue weighted by Crippen LogP contribution is 2.13. The Hall–Kier alpha value is -0.790. The Morgan fingerprint density at radius 3 is 1.80 bits per heavy atom. The molecule has 0 aliphatic rings. The van der Waals surface area contributed by atoms with Crippen LogP contribution in [-0.4, -0.2) is 29.7 Å². The van der Waals surface area contributed by atoms with E-state index in [4.69, 9.17) is 0 Å². The Kier molecular flexibility index (Phi) is 5.63. The van der Waals surface area contributed by atoms with E-state index in [-0.39, 0.29) is 0 Å². The predicted molar refractivity (Wildman–Crippen MR) is 69.5 cm³/mol. The van der Waals surface area contributed by atoms with Gasteiger partial charge in [-0.15, -0.1) is 0 Å². The van der Waals surface area contributed by atoms with Crippen LogP contribution in [0.15, 0.2) is 16.3 Å². The second kappa shape index (κ2) is 5.94. The molecule has 0 rings (SSSR count). The van der Waals surface area contributed by atoms with Crippen molar-refractivity contribution in [1.82, 2.24) is 4.90 Å². The highest BCUT2D eigenvalue weighted by Gasteiger charge is 2.08. The van der Waals surface area contributed by atoms with Crippen LogP contribution in [0.4, 0.5) is 0 Å². The fourth-order valence-corrected chi connectivity index (χ4v) is 1.40. The molecule has 0 saturated heterocycles. The first kappa shape index (κ1) is 14.2. The molecular weight excluding hydrogens is 184 g/mol. The second-order valence-electron chi connectivity index (χ2n) is 4.72. The van der Waals surface area contributed by atoms with Gasteiger partial charge in [-0.05, 0) is 54.0 Å². The molecule has 0 aromatic heterocycles. The molecule has 0 aliphatic heterocycles. The van der Waals surface area contributed by atoms with Crippen LogP contribution in [0.2, 0.25) is 0 Å².